The van der Waals surface area contributed by atoms with Gasteiger partial charge in [-0.25, -0.2) is 0 Å². The maximum Gasteiger partial charge on any atom is 0.253 e. The first kappa shape index (κ1) is 17.1. The predicted molar refractivity (Wildman–Crippen MR) is 97.3 cm³/mol. The second-order valence-corrected chi connectivity index (χ2v) is 7.58. The first-order valence-corrected chi connectivity index (χ1v) is 8.85. The summed E-state index contributed by atoms with van der Waals surface area (Å²) in [5, 5.41) is 0. The van der Waals surface area contributed by atoms with Gasteiger partial charge < -0.3 is 19.1 Å². The van der Waals surface area contributed by atoms with Crippen LogP contribution in [0, 0.1) is 5.41 Å². The van der Waals surface area contributed by atoms with Crippen LogP contribution in [0.15, 0.2) is 54.6 Å². The molecule has 2 aliphatic heterocycles. The molecule has 0 radical (unpaired) electrons. The van der Waals surface area contributed by atoms with Crippen molar-refractivity contribution in [3.8, 4) is 11.5 Å². The highest BCUT2D eigenvalue weighted by Gasteiger charge is 2.50. The highest BCUT2D eigenvalue weighted by atomic mass is 16.7. The van der Waals surface area contributed by atoms with Gasteiger partial charge >= 0.3 is 0 Å². The molecule has 0 aliphatic carbocycles. The van der Waals surface area contributed by atoms with Crippen molar-refractivity contribution in [1.82, 2.24) is 4.90 Å². The standard InChI is InChI=1S/C21H23NO4/c1-20(2)24-14-21(15-25-20)12-22(13-21)19(23)16-8-10-18(11-9-16)26-17-6-4-3-5-7-17/h3-11H,12-15H2,1-2H3. The molecule has 1 amide bonds. The maximum absolute atomic E-state index is 12.7. The lowest BCUT2D eigenvalue weighted by atomic mass is 9.80. The van der Waals surface area contributed by atoms with Crippen LogP contribution in [-0.4, -0.2) is 42.9 Å². The molecule has 0 N–H and O–H groups in total. The monoisotopic (exact) mass is 353 g/mol. The molecule has 2 aromatic carbocycles. The Labute approximate surface area is 153 Å². The summed E-state index contributed by atoms with van der Waals surface area (Å²) in [7, 11) is 0. The second-order valence-electron chi connectivity index (χ2n) is 7.58. The van der Waals surface area contributed by atoms with Crippen LogP contribution in [0.3, 0.4) is 0 Å². The molecule has 2 fully saturated rings. The molecule has 0 unspecified atom stereocenters. The van der Waals surface area contributed by atoms with Gasteiger partial charge in [-0.1, -0.05) is 18.2 Å². The van der Waals surface area contributed by atoms with E-state index in [1.807, 2.05) is 73.3 Å². The average molecular weight is 353 g/mol. The molecular weight excluding hydrogens is 330 g/mol. The Hall–Kier alpha value is -2.37. The van der Waals surface area contributed by atoms with Gasteiger partial charge in [0.25, 0.3) is 5.91 Å². The largest absolute Gasteiger partial charge is 0.457 e. The number of hydrogen-bond acceptors (Lipinski definition) is 4. The zero-order valence-corrected chi connectivity index (χ0v) is 15.1. The van der Waals surface area contributed by atoms with Crippen molar-refractivity contribution in [2.24, 2.45) is 5.41 Å². The van der Waals surface area contributed by atoms with Crippen LogP contribution in [-0.2, 0) is 9.47 Å². The van der Waals surface area contributed by atoms with Gasteiger partial charge in [-0.3, -0.25) is 4.79 Å². The van der Waals surface area contributed by atoms with Crippen molar-refractivity contribution in [2.75, 3.05) is 26.3 Å². The minimum absolute atomic E-state index is 0.0340. The van der Waals surface area contributed by atoms with Gasteiger partial charge in [-0.2, -0.15) is 0 Å². The molecule has 1 spiro atoms. The van der Waals surface area contributed by atoms with E-state index in [0.29, 0.717) is 37.6 Å². The van der Waals surface area contributed by atoms with Crippen LogP contribution in [0.25, 0.3) is 0 Å². The predicted octanol–water partition coefficient (Wildman–Crippen LogP) is 3.70. The van der Waals surface area contributed by atoms with Crippen molar-refractivity contribution < 1.29 is 19.0 Å². The zero-order chi connectivity index (χ0) is 18.2. The number of amides is 1. The number of likely N-dealkylation sites (tertiary alicyclic amines) is 1. The minimum atomic E-state index is -0.524. The number of rotatable bonds is 3. The molecule has 0 atom stereocenters. The molecule has 2 heterocycles. The summed E-state index contributed by atoms with van der Waals surface area (Å²) in [5.74, 6) is 0.997. The third-order valence-corrected chi connectivity index (χ3v) is 4.87. The lowest BCUT2D eigenvalue weighted by Crippen LogP contribution is -2.65. The Morgan fingerprint density at radius 3 is 2.12 bits per heavy atom. The van der Waals surface area contributed by atoms with Crippen LogP contribution in [0.4, 0.5) is 0 Å². The fourth-order valence-corrected chi connectivity index (χ4v) is 3.30. The van der Waals surface area contributed by atoms with E-state index in [1.54, 1.807) is 0 Å². The smallest absolute Gasteiger partial charge is 0.253 e. The van der Waals surface area contributed by atoms with Crippen molar-refractivity contribution >= 4 is 5.91 Å². The van der Waals surface area contributed by atoms with E-state index in [1.165, 1.54) is 0 Å². The average Bonchev–Trinajstić information content (AvgIpc) is 2.61. The van der Waals surface area contributed by atoms with E-state index >= 15 is 0 Å². The molecule has 0 saturated carbocycles. The lowest BCUT2D eigenvalue weighted by molar-refractivity contribution is -0.301. The van der Waals surface area contributed by atoms with Crippen molar-refractivity contribution in [1.29, 1.82) is 0 Å². The number of hydrogen-bond donors (Lipinski definition) is 0. The Bertz CT molecular complexity index is 767. The minimum Gasteiger partial charge on any atom is -0.457 e. The maximum atomic E-state index is 12.7. The summed E-state index contributed by atoms with van der Waals surface area (Å²) in [6.45, 7) is 6.44. The van der Waals surface area contributed by atoms with E-state index in [-0.39, 0.29) is 11.3 Å². The van der Waals surface area contributed by atoms with Crippen molar-refractivity contribution in [3.05, 3.63) is 60.2 Å². The number of para-hydroxylation sites is 1. The summed E-state index contributed by atoms with van der Waals surface area (Å²) in [4.78, 5) is 14.5. The third-order valence-electron chi connectivity index (χ3n) is 4.87. The van der Waals surface area contributed by atoms with Crippen molar-refractivity contribution in [3.63, 3.8) is 0 Å². The molecule has 0 aromatic heterocycles. The topological polar surface area (TPSA) is 48.0 Å². The molecule has 2 aromatic rings. The number of carbonyl (C=O) groups excluding carboxylic acids is 1. The molecule has 2 saturated heterocycles. The van der Waals surface area contributed by atoms with E-state index < -0.39 is 5.79 Å². The summed E-state index contributed by atoms with van der Waals surface area (Å²) >= 11 is 0. The first-order valence-electron chi connectivity index (χ1n) is 8.85. The highest BCUT2D eigenvalue weighted by molar-refractivity contribution is 5.95. The number of benzene rings is 2. The van der Waals surface area contributed by atoms with Crippen LogP contribution < -0.4 is 4.74 Å². The summed E-state index contributed by atoms with van der Waals surface area (Å²) < 4.78 is 17.3. The summed E-state index contributed by atoms with van der Waals surface area (Å²) in [6, 6.07) is 16.8. The van der Waals surface area contributed by atoms with Crippen molar-refractivity contribution in [2.45, 2.75) is 19.6 Å². The van der Waals surface area contributed by atoms with Gasteiger partial charge in [0.1, 0.15) is 11.5 Å². The summed E-state index contributed by atoms with van der Waals surface area (Å²) in [6.07, 6.45) is 0. The molecule has 4 rings (SSSR count). The Morgan fingerprint density at radius 1 is 0.923 bits per heavy atom. The number of carbonyl (C=O) groups is 1. The Morgan fingerprint density at radius 2 is 1.50 bits per heavy atom. The molecule has 136 valence electrons. The van der Waals surface area contributed by atoms with E-state index in [4.69, 9.17) is 14.2 Å². The normalized spacial score (nSPS) is 20.5. The number of ether oxygens (including phenoxy) is 3. The van der Waals surface area contributed by atoms with E-state index in [2.05, 4.69) is 0 Å². The van der Waals surface area contributed by atoms with Gasteiger partial charge in [0.15, 0.2) is 5.79 Å². The van der Waals surface area contributed by atoms with Crippen LogP contribution in [0.2, 0.25) is 0 Å². The zero-order valence-electron chi connectivity index (χ0n) is 15.1. The van der Waals surface area contributed by atoms with Gasteiger partial charge in [-0.15, -0.1) is 0 Å². The molecule has 5 nitrogen and oxygen atoms in total. The van der Waals surface area contributed by atoms with Crippen LogP contribution in [0.5, 0.6) is 11.5 Å². The highest BCUT2D eigenvalue weighted by Crippen LogP contribution is 2.38. The molecule has 5 heteroatoms. The summed E-state index contributed by atoms with van der Waals surface area (Å²) in [5.41, 5.74) is 0.611. The van der Waals surface area contributed by atoms with Crippen LogP contribution in [0.1, 0.15) is 24.2 Å². The van der Waals surface area contributed by atoms with E-state index in [0.717, 1.165) is 5.75 Å². The SMILES string of the molecule is CC1(C)OCC2(CO1)CN(C(=O)c1ccc(Oc3ccccc3)cc1)C2. The second kappa shape index (κ2) is 6.41. The Balaban J connectivity index is 1.35. The van der Waals surface area contributed by atoms with Gasteiger partial charge in [0, 0.05) is 18.7 Å². The fraction of sp³-hybridized carbons (Fsp3) is 0.381. The van der Waals surface area contributed by atoms with Crippen LogP contribution >= 0.6 is 0 Å². The molecule has 2 aliphatic rings. The molecule has 26 heavy (non-hydrogen) atoms. The van der Waals surface area contributed by atoms with Gasteiger partial charge in [0.2, 0.25) is 0 Å². The van der Waals surface area contributed by atoms with E-state index in [9.17, 15) is 4.79 Å². The Kier molecular flexibility index (Phi) is 4.21. The van der Waals surface area contributed by atoms with Gasteiger partial charge in [-0.05, 0) is 50.2 Å². The fourth-order valence-electron chi connectivity index (χ4n) is 3.30. The lowest BCUT2D eigenvalue weighted by Gasteiger charge is -2.54. The molecule has 0 bridgehead atoms. The van der Waals surface area contributed by atoms with Gasteiger partial charge in [0.05, 0.1) is 18.6 Å². The first-order chi connectivity index (χ1) is 12.4. The third kappa shape index (κ3) is 3.45. The molecular formula is C21H23NO4. The number of nitrogens with zero attached hydrogens (tertiary/aromatic N) is 1. The quantitative estimate of drug-likeness (QED) is 0.844.